The zero-order valence-electron chi connectivity index (χ0n) is 12.5. The number of unbranched alkanes of at least 4 members (excludes halogenated alkanes) is 1. The van der Waals surface area contributed by atoms with E-state index in [0.29, 0.717) is 10.6 Å². The Morgan fingerprint density at radius 3 is 2.86 bits per heavy atom. The van der Waals surface area contributed by atoms with Crippen molar-refractivity contribution < 1.29 is 9.53 Å². The molecule has 4 nitrogen and oxygen atoms in total. The second-order valence-corrected chi connectivity index (χ2v) is 7.87. The average Bonchev–Trinajstić information content (AvgIpc) is 2.88. The van der Waals surface area contributed by atoms with Crippen LogP contribution in [0.2, 0.25) is 0 Å². The Labute approximate surface area is 143 Å². The van der Waals surface area contributed by atoms with Crippen LogP contribution in [-0.2, 0) is 9.53 Å². The zero-order valence-corrected chi connectivity index (χ0v) is 15.0. The molecule has 0 bridgehead atoms. The number of aromatic nitrogens is 2. The van der Waals surface area contributed by atoms with Crippen LogP contribution in [0.3, 0.4) is 0 Å². The fourth-order valence-corrected chi connectivity index (χ4v) is 4.18. The minimum atomic E-state index is -0.290. The Kier molecular flexibility index (Phi) is 6.60. The van der Waals surface area contributed by atoms with Crippen LogP contribution in [0.5, 0.6) is 0 Å². The molecule has 7 heteroatoms. The molecule has 1 aromatic heterocycles. The topological polar surface area (TPSA) is 44.1 Å². The maximum absolute atomic E-state index is 11.9. The maximum atomic E-state index is 11.9. The fraction of sp³-hybridized carbons (Fsp3) is 0.400. The Morgan fingerprint density at radius 2 is 2.18 bits per heavy atom. The number of ether oxygens (including phenoxy) is 1. The number of carbonyl (C=O) groups excluding carboxylic acids is 1. The van der Waals surface area contributed by atoms with Gasteiger partial charge in [0.1, 0.15) is 5.25 Å². The SMILES string of the molecule is CCCCOC(=O)C(C)Sc1nn(-c2ccccc2)c(=S)s1. The maximum Gasteiger partial charge on any atom is 0.319 e. The molecule has 0 amide bonds. The van der Waals surface area contributed by atoms with Crippen LogP contribution in [0.25, 0.3) is 5.69 Å². The molecule has 0 saturated carbocycles. The Bertz CT molecular complexity index is 667. The Hall–Kier alpha value is -1.18. The van der Waals surface area contributed by atoms with Gasteiger partial charge >= 0.3 is 5.97 Å². The predicted octanol–water partition coefficient (Wildman–Crippen LogP) is 4.49. The first kappa shape index (κ1) is 17.2. The van der Waals surface area contributed by atoms with Crippen molar-refractivity contribution in [2.24, 2.45) is 0 Å². The molecule has 0 radical (unpaired) electrons. The van der Waals surface area contributed by atoms with Crippen LogP contribution < -0.4 is 0 Å². The second kappa shape index (κ2) is 8.45. The Balaban J connectivity index is 2.02. The third-order valence-electron chi connectivity index (χ3n) is 2.88. The van der Waals surface area contributed by atoms with E-state index in [9.17, 15) is 4.79 Å². The molecule has 2 rings (SSSR count). The van der Waals surface area contributed by atoms with Gasteiger partial charge in [0.25, 0.3) is 0 Å². The van der Waals surface area contributed by atoms with Crippen molar-refractivity contribution in [3.63, 3.8) is 0 Å². The third-order valence-corrected chi connectivity index (χ3v) is 5.28. The molecule has 22 heavy (non-hydrogen) atoms. The van der Waals surface area contributed by atoms with Gasteiger partial charge in [0.2, 0.25) is 0 Å². The highest BCUT2D eigenvalue weighted by Gasteiger charge is 2.18. The minimum absolute atomic E-state index is 0.203. The first-order valence-corrected chi connectivity index (χ1v) is 9.21. The summed E-state index contributed by atoms with van der Waals surface area (Å²) in [5.74, 6) is -0.203. The number of rotatable bonds is 7. The number of nitrogens with zero attached hydrogens (tertiary/aromatic N) is 2. The standard InChI is InChI=1S/C15H18N2O2S3/c1-3-4-10-19-13(18)11(2)21-14-16-17(15(20)22-14)12-8-6-5-7-9-12/h5-9,11H,3-4,10H2,1-2H3. The van der Waals surface area contributed by atoms with Gasteiger partial charge in [-0.3, -0.25) is 4.79 Å². The van der Waals surface area contributed by atoms with Crippen molar-refractivity contribution in [2.45, 2.75) is 36.3 Å². The van der Waals surface area contributed by atoms with E-state index >= 15 is 0 Å². The fourth-order valence-electron chi connectivity index (χ4n) is 1.67. The molecule has 1 atom stereocenters. The molecule has 118 valence electrons. The van der Waals surface area contributed by atoms with Gasteiger partial charge in [-0.1, -0.05) is 54.6 Å². The lowest BCUT2D eigenvalue weighted by Crippen LogP contribution is -2.17. The minimum Gasteiger partial charge on any atom is -0.465 e. The van der Waals surface area contributed by atoms with Gasteiger partial charge in [0, 0.05) is 0 Å². The summed E-state index contributed by atoms with van der Waals surface area (Å²) >= 11 is 8.14. The molecule has 1 heterocycles. The van der Waals surface area contributed by atoms with Gasteiger partial charge < -0.3 is 4.74 Å². The van der Waals surface area contributed by atoms with Gasteiger partial charge in [0.15, 0.2) is 8.29 Å². The van der Waals surface area contributed by atoms with E-state index in [0.717, 1.165) is 22.9 Å². The summed E-state index contributed by atoms with van der Waals surface area (Å²) in [5.41, 5.74) is 0.925. The highest BCUT2D eigenvalue weighted by atomic mass is 32.2. The number of benzene rings is 1. The quantitative estimate of drug-likeness (QED) is 0.317. The summed E-state index contributed by atoms with van der Waals surface area (Å²) in [6.07, 6.45) is 1.91. The highest BCUT2D eigenvalue weighted by molar-refractivity contribution is 8.02. The van der Waals surface area contributed by atoms with E-state index in [1.54, 1.807) is 4.68 Å². The number of esters is 1. The molecule has 0 spiro atoms. The van der Waals surface area contributed by atoms with Crippen LogP contribution in [0.4, 0.5) is 0 Å². The molecule has 0 aliphatic carbocycles. The number of hydrogen-bond acceptors (Lipinski definition) is 6. The lowest BCUT2D eigenvalue weighted by atomic mass is 10.3. The predicted molar refractivity (Wildman–Crippen MR) is 93.5 cm³/mol. The van der Waals surface area contributed by atoms with Crippen LogP contribution in [0, 0.1) is 3.95 Å². The lowest BCUT2D eigenvalue weighted by Gasteiger charge is -2.08. The lowest BCUT2D eigenvalue weighted by molar-refractivity contribution is -0.142. The van der Waals surface area contributed by atoms with Gasteiger partial charge in [-0.2, -0.15) is 0 Å². The van der Waals surface area contributed by atoms with E-state index in [1.165, 1.54) is 23.1 Å². The van der Waals surface area contributed by atoms with Crippen molar-refractivity contribution in [1.29, 1.82) is 0 Å². The van der Waals surface area contributed by atoms with Gasteiger partial charge in [-0.25, -0.2) is 4.68 Å². The van der Waals surface area contributed by atoms with E-state index in [4.69, 9.17) is 17.0 Å². The smallest absolute Gasteiger partial charge is 0.319 e. The van der Waals surface area contributed by atoms with E-state index in [1.807, 2.05) is 37.3 Å². The molecule has 0 N–H and O–H groups in total. The Morgan fingerprint density at radius 1 is 1.45 bits per heavy atom. The van der Waals surface area contributed by atoms with Crippen LogP contribution >= 0.6 is 35.3 Å². The first-order chi connectivity index (χ1) is 10.6. The van der Waals surface area contributed by atoms with Crippen molar-refractivity contribution in [3.8, 4) is 5.69 Å². The number of para-hydroxylation sites is 1. The van der Waals surface area contributed by atoms with Gasteiger partial charge in [-0.15, -0.1) is 5.10 Å². The first-order valence-electron chi connectivity index (χ1n) is 7.10. The summed E-state index contributed by atoms with van der Waals surface area (Å²) in [4.78, 5) is 11.9. The van der Waals surface area contributed by atoms with E-state index in [2.05, 4.69) is 12.0 Å². The molecule has 2 aromatic rings. The van der Waals surface area contributed by atoms with E-state index < -0.39 is 0 Å². The number of carbonyl (C=O) groups is 1. The van der Waals surface area contributed by atoms with Crippen molar-refractivity contribution in [2.75, 3.05) is 6.61 Å². The third kappa shape index (κ3) is 4.66. The number of thioether (sulfide) groups is 1. The molecular weight excluding hydrogens is 336 g/mol. The molecule has 0 saturated heterocycles. The van der Waals surface area contributed by atoms with Crippen LogP contribution in [-0.4, -0.2) is 27.6 Å². The highest BCUT2D eigenvalue weighted by Crippen LogP contribution is 2.28. The molecular formula is C15H18N2O2S3. The summed E-state index contributed by atoms with van der Waals surface area (Å²) in [6, 6.07) is 9.73. The average molecular weight is 355 g/mol. The second-order valence-electron chi connectivity index (χ2n) is 4.66. The van der Waals surface area contributed by atoms with Crippen molar-refractivity contribution in [3.05, 3.63) is 34.3 Å². The van der Waals surface area contributed by atoms with Crippen molar-refractivity contribution in [1.82, 2.24) is 9.78 Å². The normalized spacial score (nSPS) is 12.1. The van der Waals surface area contributed by atoms with Gasteiger partial charge in [0.05, 0.1) is 12.3 Å². The number of hydrogen-bond donors (Lipinski definition) is 0. The summed E-state index contributed by atoms with van der Waals surface area (Å²) in [7, 11) is 0. The summed E-state index contributed by atoms with van der Waals surface area (Å²) < 4.78 is 8.38. The van der Waals surface area contributed by atoms with E-state index in [-0.39, 0.29) is 11.2 Å². The van der Waals surface area contributed by atoms with Crippen LogP contribution in [0.15, 0.2) is 34.7 Å². The monoisotopic (exact) mass is 354 g/mol. The molecule has 0 aliphatic heterocycles. The molecule has 1 unspecified atom stereocenters. The summed E-state index contributed by atoms with van der Waals surface area (Å²) in [5, 5.41) is 4.19. The summed E-state index contributed by atoms with van der Waals surface area (Å²) in [6.45, 7) is 4.37. The van der Waals surface area contributed by atoms with Crippen LogP contribution in [0.1, 0.15) is 26.7 Å². The molecule has 1 aromatic carbocycles. The van der Waals surface area contributed by atoms with Crippen molar-refractivity contribution >= 4 is 41.3 Å². The largest absolute Gasteiger partial charge is 0.465 e. The molecule has 0 aliphatic rings. The molecule has 0 fully saturated rings. The van der Waals surface area contributed by atoms with Gasteiger partial charge in [-0.05, 0) is 37.7 Å². The zero-order chi connectivity index (χ0) is 15.9.